The Labute approximate surface area is 106 Å². The van der Waals surface area contributed by atoms with Gasteiger partial charge in [-0.3, -0.25) is 4.79 Å². The predicted octanol–water partition coefficient (Wildman–Crippen LogP) is 2.60. The van der Waals surface area contributed by atoms with Gasteiger partial charge in [-0.25, -0.2) is 0 Å². The first kappa shape index (κ1) is 12.2. The van der Waals surface area contributed by atoms with Crippen LogP contribution in [0.5, 0.6) is 5.75 Å². The second kappa shape index (κ2) is 5.41. The highest BCUT2D eigenvalue weighted by Gasteiger charge is 2.29. The quantitative estimate of drug-likeness (QED) is 0.775. The van der Waals surface area contributed by atoms with Crippen molar-refractivity contribution in [3.05, 3.63) is 29.8 Å². The largest absolute Gasteiger partial charge is 0.497 e. The van der Waals surface area contributed by atoms with Crippen molar-refractivity contribution in [1.29, 1.82) is 0 Å². The van der Waals surface area contributed by atoms with Crippen molar-refractivity contribution in [2.75, 3.05) is 19.5 Å². The van der Waals surface area contributed by atoms with E-state index in [0.29, 0.717) is 0 Å². The third-order valence-corrected chi connectivity index (χ3v) is 3.42. The van der Waals surface area contributed by atoms with Crippen molar-refractivity contribution in [3.8, 4) is 5.75 Å². The highest BCUT2D eigenvalue weighted by Crippen LogP contribution is 2.32. The molecule has 2 rings (SSSR count). The number of carbonyl (C=O) groups is 1. The summed E-state index contributed by atoms with van der Waals surface area (Å²) in [6.07, 6.45) is 2.05. The third kappa shape index (κ3) is 2.55. The Morgan fingerprint density at radius 1 is 1.47 bits per heavy atom. The number of amides is 1. The van der Waals surface area contributed by atoms with E-state index in [1.807, 2.05) is 29.2 Å². The topological polar surface area (TPSA) is 29.5 Å². The van der Waals surface area contributed by atoms with Crippen LogP contribution in [0.25, 0.3) is 0 Å². The normalized spacial score (nSPS) is 19.4. The Kier molecular flexibility index (Phi) is 3.89. The molecular weight excluding hydrogens is 238 g/mol. The average molecular weight is 254 g/mol. The molecule has 0 unspecified atom stereocenters. The summed E-state index contributed by atoms with van der Waals surface area (Å²) in [5, 5.41) is 0. The summed E-state index contributed by atoms with van der Waals surface area (Å²) in [4.78, 5) is 13.6. The lowest BCUT2D eigenvalue weighted by atomic mass is 10.0. The fourth-order valence-corrected chi connectivity index (χ4v) is 2.47. The number of hydrogen-bond acceptors (Lipinski definition) is 2. The van der Waals surface area contributed by atoms with Gasteiger partial charge in [0.2, 0.25) is 5.91 Å². The van der Waals surface area contributed by atoms with E-state index >= 15 is 0 Å². The van der Waals surface area contributed by atoms with E-state index in [2.05, 4.69) is 0 Å². The summed E-state index contributed by atoms with van der Waals surface area (Å²) >= 11 is 5.62. The van der Waals surface area contributed by atoms with Gasteiger partial charge in [-0.2, -0.15) is 0 Å². The van der Waals surface area contributed by atoms with Crippen LogP contribution in [0.4, 0.5) is 0 Å². The molecule has 0 radical (unpaired) electrons. The molecule has 1 aromatic carbocycles. The van der Waals surface area contributed by atoms with Gasteiger partial charge in [0.05, 0.1) is 13.2 Å². The van der Waals surface area contributed by atoms with E-state index in [4.69, 9.17) is 16.3 Å². The molecule has 0 aromatic heterocycles. The van der Waals surface area contributed by atoms with Crippen molar-refractivity contribution in [2.45, 2.75) is 18.9 Å². The summed E-state index contributed by atoms with van der Waals surface area (Å²) in [6.45, 7) is 0.808. The second-order valence-electron chi connectivity index (χ2n) is 4.15. The number of likely N-dealkylation sites (tertiary alicyclic amines) is 1. The molecule has 0 bridgehead atoms. The maximum absolute atomic E-state index is 11.7. The Hall–Kier alpha value is -1.22. The molecule has 1 aliphatic rings. The van der Waals surface area contributed by atoms with Crippen molar-refractivity contribution < 1.29 is 9.53 Å². The lowest BCUT2D eigenvalue weighted by Gasteiger charge is -2.24. The highest BCUT2D eigenvalue weighted by atomic mass is 35.5. The lowest BCUT2D eigenvalue weighted by molar-refractivity contribution is -0.129. The van der Waals surface area contributed by atoms with Crippen LogP contribution in [-0.2, 0) is 4.79 Å². The molecule has 1 aliphatic heterocycles. The van der Waals surface area contributed by atoms with E-state index in [0.717, 1.165) is 30.7 Å². The van der Waals surface area contributed by atoms with Gasteiger partial charge in [-0.15, -0.1) is 11.6 Å². The molecule has 1 atom stereocenters. The molecule has 4 heteroatoms. The van der Waals surface area contributed by atoms with Gasteiger partial charge in [0.1, 0.15) is 11.6 Å². The van der Waals surface area contributed by atoms with Crippen LogP contribution < -0.4 is 4.74 Å². The summed E-state index contributed by atoms with van der Waals surface area (Å²) in [6, 6.07) is 8.06. The van der Waals surface area contributed by atoms with Crippen LogP contribution in [0.1, 0.15) is 24.4 Å². The van der Waals surface area contributed by atoms with Crippen molar-refractivity contribution in [3.63, 3.8) is 0 Å². The number of carbonyl (C=O) groups excluding carboxylic acids is 1. The van der Waals surface area contributed by atoms with Crippen LogP contribution in [-0.4, -0.2) is 30.3 Å². The first-order valence-corrected chi connectivity index (χ1v) is 6.29. The molecule has 0 spiro atoms. The Morgan fingerprint density at radius 3 is 2.76 bits per heavy atom. The molecule has 92 valence electrons. The lowest BCUT2D eigenvalue weighted by Crippen LogP contribution is -2.31. The van der Waals surface area contributed by atoms with Gasteiger partial charge in [-0.1, -0.05) is 12.1 Å². The number of rotatable bonds is 3. The van der Waals surface area contributed by atoms with Crippen LogP contribution >= 0.6 is 11.6 Å². The number of benzene rings is 1. The molecule has 17 heavy (non-hydrogen) atoms. The summed E-state index contributed by atoms with van der Waals surface area (Å²) in [5.41, 5.74) is 1.15. The molecule has 1 heterocycles. The minimum atomic E-state index is 0.0185. The molecule has 1 aromatic rings. The fraction of sp³-hybridized carbons (Fsp3) is 0.462. The Bertz CT molecular complexity index is 391. The molecule has 1 fully saturated rings. The van der Waals surface area contributed by atoms with Gasteiger partial charge in [0.15, 0.2) is 0 Å². The second-order valence-corrected chi connectivity index (χ2v) is 4.42. The first-order chi connectivity index (χ1) is 8.26. The molecule has 0 N–H and O–H groups in total. The van der Waals surface area contributed by atoms with Gasteiger partial charge in [-0.05, 0) is 30.5 Å². The number of halogens is 1. The molecule has 1 saturated heterocycles. The minimum absolute atomic E-state index is 0.0185. The molecule has 0 aliphatic carbocycles. The minimum Gasteiger partial charge on any atom is -0.497 e. The van der Waals surface area contributed by atoms with Crippen LogP contribution in [0.2, 0.25) is 0 Å². The number of hydrogen-bond donors (Lipinski definition) is 0. The summed E-state index contributed by atoms with van der Waals surface area (Å²) in [5.74, 6) is 0.916. The summed E-state index contributed by atoms with van der Waals surface area (Å²) < 4.78 is 5.13. The zero-order valence-corrected chi connectivity index (χ0v) is 10.6. The van der Waals surface area contributed by atoms with Gasteiger partial charge >= 0.3 is 0 Å². The number of alkyl halides is 1. The molecule has 1 amide bonds. The molecule has 0 saturated carbocycles. The van der Waals surface area contributed by atoms with Crippen molar-refractivity contribution in [1.82, 2.24) is 4.90 Å². The Morgan fingerprint density at radius 2 is 2.18 bits per heavy atom. The van der Waals surface area contributed by atoms with E-state index in [9.17, 15) is 4.79 Å². The van der Waals surface area contributed by atoms with E-state index in [1.165, 1.54) is 0 Å². The highest BCUT2D eigenvalue weighted by molar-refractivity contribution is 6.27. The van der Waals surface area contributed by atoms with Crippen molar-refractivity contribution in [2.24, 2.45) is 0 Å². The van der Waals surface area contributed by atoms with E-state index in [1.54, 1.807) is 7.11 Å². The van der Waals surface area contributed by atoms with E-state index < -0.39 is 0 Å². The monoisotopic (exact) mass is 253 g/mol. The smallest absolute Gasteiger partial charge is 0.238 e. The van der Waals surface area contributed by atoms with Gasteiger partial charge in [0, 0.05) is 6.54 Å². The number of ether oxygens (including phenoxy) is 1. The fourth-order valence-electron chi connectivity index (χ4n) is 2.31. The summed E-state index contributed by atoms with van der Waals surface area (Å²) in [7, 11) is 1.65. The average Bonchev–Trinajstić information content (AvgIpc) is 2.87. The predicted molar refractivity (Wildman–Crippen MR) is 67.4 cm³/mol. The van der Waals surface area contributed by atoms with Crippen LogP contribution in [0.3, 0.4) is 0 Å². The molecule has 3 nitrogen and oxygen atoms in total. The van der Waals surface area contributed by atoms with E-state index in [-0.39, 0.29) is 17.8 Å². The Balaban J connectivity index is 2.17. The van der Waals surface area contributed by atoms with Gasteiger partial charge < -0.3 is 9.64 Å². The number of nitrogens with zero attached hydrogens (tertiary/aromatic N) is 1. The zero-order valence-electron chi connectivity index (χ0n) is 9.86. The van der Waals surface area contributed by atoms with Gasteiger partial charge in [0.25, 0.3) is 0 Å². The standard InChI is InChI=1S/C13H16ClNO2/c1-17-11-6-4-10(5-7-11)12-3-2-8-15(12)13(16)9-14/h4-7,12H,2-3,8-9H2,1H3/t12-/m1/s1. The molecular formula is C13H16ClNO2. The zero-order chi connectivity index (χ0) is 12.3. The maximum Gasteiger partial charge on any atom is 0.238 e. The van der Waals surface area contributed by atoms with Crippen LogP contribution in [0.15, 0.2) is 24.3 Å². The van der Waals surface area contributed by atoms with Crippen molar-refractivity contribution >= 4 is 17.5 Å². The first-order valence-electron chi connectivity index (χ1n) is 5.75. The number of methoxy groups -OCH3 is 1. The maximum atomic E-state index is 11.7. The van der Waals surface area contributed by atoms with Crippen LogP contribution in [0, 0.1) is 0 Å². The third-order valence-electron chi connectivity index (χ3n) is 3.19. The SMILES string of the molecule is COc1ccc([C@H]2CCCN2C(=O)CCl)cc1.